The Labute approximate surface area is 608 Å². The van der Waals surface area contributed by atoms with Gasteiger partial charge in [-0.1, -0.05) is 171 Å². The van der Waals surface area contributed by atoms with Gasteiger partial charge >= 0.3 is 0 Å². The van der Waals surface area contributed by atoms with E-state index in [0.717, 1.165) is 47.5 Å². The average Bonchev–Trinajstić information content (AvgIpc) is 1.51. The molecule has 0 N–H and O–H groups in total. The summed E-state index contributed by atoms with van der Waals surface area (Å²) in [4.78, 5) is 2.37. The van der Waals surface area contributed by atoms with Gasteiger partial charge in [0.05, 0.1) is 10.8 Å². The van der Waals surface area contributed by atoms with Gasteiger partial charge in [0, 0.05) is 33.9 Å². The van der Waals surface area contributed by atoms with Crippen molar-refractivity contribution in [3.8, 4) is 56.4 Å². The standard InChI is InChI=1S/C90H50F14N2O2/c1-3-49-19-37-59(38-20-49)107-61-41-27-53(28-42-61)89(75-77(95)81(99)85(103)82(100)78(75)96)67-13-7-5-11-63(67)65-45-35-57(47-69(65)89)105(87-71(91)15-9-16-72(87)92)55-31-23-51(24-32-55)52-25-33-56(34-26-52)106(88-73(93)17-10-18-74(88)94)58-36-46-66-64-12-6-8-14-68(64)90(70(66)48-58,76-79(97)83(101)86(104)84(102)80(76)98)54-29-43-62(44-30-54)108-60-39-21-50(4-2)22-40-60/h3-48H,1-2H2. The van der Waals surface area contributed by atoms with E-state index in [2.05, 4.69) is 13.2 Å². The number of fused-ring (bicyclic) bond motifs is 6. The van der Waals surface area contributed by atoms with Crippen molar-refractivity contribution < 1.29 is 70.9 Å². The molecule has 2 aliphatic rings. The number of hydrogen-bond donors (Lipinski definition) is 0. The van der Waals surface area contributed by atoms with E-state index in [1.54, 1.807) is 109 Å². The monoisotopic (exact) mass is 1460 g/mol. The minimum atomic E-state index is -2.40. The largest absolute Gasteiger partial charge is 0.457 e. The molecule has 4 nitrogen and oxygen atoms in total. The van der Waals surface area contributed by atoms with Gasteiger partial charge in [0.15, 0.2) is 46.5 Å². The molecular weight excluding hydrogens is 1410 g/mol. The molecule has 0 aliphatic heterocycles. The number of benzene rings is 14. The Bertz CT molecular complexity index is 5510. The van der Waals surface area contributed by atoms with E-state index in [0.29, 0.717) is 33.8 Å². The van der Waals surface area contributed by atoms with Crippen LogP contribution >= 0.6 is 0 Å². The zero-order chi connectivity index (χ0) is 75.2. The smallest absolute Gasteiger partial charge is 0.200 e. The average molecular weight is 1460 g/mol. The Kier molecular flexibility index (Phi) is 17.3. The maximum Gasteiger partial charge on any atom is 0.200 e. The van der Waals surface area contributed by atoms with Crippen LogP contribution < -0.4 is 19.3 Å². The first kappa shape index (κ1) is 69.2. The highest BCUT2D eigenvalue weighted by Crippen LogP contribution is 2.62. The second-order valence-corrected chi connectivity index (χ2v) is 25.6. The quantitative estimate of drug-likeness (QED) is 0.0515. The van der Waals surface area contributed by atoms with Crippen molar-refractivity contribution >= 4 is 46.3 Å². The molecule has 18 heteroatoms. The summed E-state index contributed by atoms with van der Waals surface area (Å²) in [5.41, 5.74) is -4.65. The topological polar surface area (TPSA) is 24.9 Å². The molecule has 2 unspecified atom stereocenters. The van der Waals surface area contributed by atoms with Crippen molar-refractivity contribution in [3.05, 3.63) is 417 Å². The Morgan fingerprint density at radius 1 is 0.259 bits per heavy atom. The number of ether oxygens (including phenoxy) is 2. The highest BCUT2D eigenvalue weighted by molar-refractivity contribution is 5.92. The maximum absolute atomic E-state index is 17.1. The second kappa shape index (κ2) is 27.0. The molecule has 0 heterocycles. The predicted octanol–water partition coefficient (Wildman–Crippen LogP) is 25.8. The van der Waals surface area contributed by atoms with Crippen molar-refractivity contribution in [2.24, 2.45) is 0 Å². The molecule has 530 valence electrons. The van der Waals surface area contributed by atoms with Crippen molar-refractivity contribution in [2.45, 2.75) is 10.8 Å². The van der Waals surface area contributed by atoms with Gasteiger partial charge in [0.1, 0.15) is 57.6 Å². The molecule has 0 saturated carbocycles. The third-order valence-corrected chi connectivity index (χ3v) is 19.9. The lowest BCUT2D eigenvalue weighted by Gasteiger charge is -2.35. The highest BCUT2D eigenvalue weighted by atomic mass is 19.2. The maximum atomic E-state index is 17.1. The lowest BCUT2D eigenvalue weighted by molar-refractivity contribution is 0.363. The van der Waals surface area contributed by atoms with Gasteiger partial charge in [-0.25, -0.2) is 61.5 Å². The molecule has 14 aromatic rings. The van der Waals surface area contributed by atoms with E-state index in [-0.39, 0.29) is 78.8 Å². The molecule has 0 aromatic heterocycles. The van der Waals surface area contributed by atoms with Crippen molar-refractivity contribution in [1.29, 1.82) is 0 Å². The molecule has 14 aromatic carbocycles. The Hall–Kier alpha value is -13.2. The van der Waals surface area contributed by atoms with Crippen LogP contribution in [0.2, 0.25) is 0 Å². The fraction of sp³-hybridized carbons (Fsp3) is 0.0222. The van der Waals surface area contributed by atoms with E-state index in [9.17, 15) is 0 Å². The van der Waals surface area contributed by atoms with Gasteiger partial charge in [0.25, 0.3) is 0 Å². The molecule has 0 saturated heterocycles. The number of nitrogens with zero attached hydrogens (tertiary/aromatic N) is 2. The fourth-order valence-electron chi connectivity index (χ4n) is 15.1. The first-order valence-electron chi connectivity index (χ1n) is 33.5. The number of para-hydroxylation sites is 2. The summed E-state index contributed by atoms with van der Waals surface area (Å²) in [5.74, 6) is -25.3. The molecular formula is C90H50F14N2O2. The van der Waals surface area contributed by atoms with Crippen LogP contribution in [0, 0.1) is 81.4 Å². The molecule has 0 fully saturated rings. The van der Waals surface area contributed by atoms with Gasteiger partial charge in [-0.3, -0.25) is 0 Å². The van der Waals surface area contributed by atoms with Crippen molar-refractivity contribution in [3.63, 3.8) is 0 Å². The lowest BCUT2D eigenvalue weighted by Crippen LogP contribution is -2.33. The van der Waals surface area contributed by atoms with Crippen molar-refractivity contribution in [2.75, 3.05) is 9.80 Å². The summed E-state index contributed by atoms with van der Waals surface area (Å²) in [5, 5.41) is 0. The van der Waals surface area contributed by atoms with Crippen LogP contribution in [0.4, 0.5) is 95.6 Å². The zero-order valence-electron chi connectivity index (χ0n) is 56.0. The van der Waals surface area contributed by atoms with Crippen LogP contribution in [-0.2, 0) is 10.8 Å². The molecule has 0 bridgehead atoms. The van der Waals surface area contributed by atoms with Crippen LogP contribution in [0.5, 0.6) is 23.0 Å². The molecule has 16 rings (SSSR count). The third kappa shape index (κ3) is 11.0. The van der Waals surface area contributed by atoms with Crippen LogP contribution in [0.15, 0.2) is 280 Å². The van der Waals surface area contributed by atoms with E-state index in [4.69, 9.17) is 9.47 Å². The van der Waals surface area contributed by atoms with Crippen LogP contribution in [0.3, 0.4) is 0 Å². The first-order valence-corrected chi connectivity index (χ1v) is 33.5. The number of hydrogen-bond acceptors (Lipinski definition) is 4. The summed E-state index contributed by atoms with van der Waals surface area (Å²) in [6.45, 7) is 7.53. The van der Waals surface area contributed by atoms with E-state index in [1.807, 2.05) is 0 Å². The van der Waals surface area contributed by atoms with Crippen molar-refractivity contribution in [1.82, 2.24) is 0 Å². The van der Waals surface area contributed by atoms with Gasteiger partial charge in [-0.15, -0.1) is 0 Å². The minimum Gasteiger partial charge on any atom is -0.457 e. The van der Waals surface area contributed by atoms with Gasteiger partial charge < -0.3 is 19.3 Å². The fourth-order valence-corrected chi connectivity index (χ4v) is 15.1. The first-order chi connectivity index (χ1) is 52.3. The lowest BCUT2D eigenvalue weighted by atomic mass is 9.67. The molecule has 0 radical (unpaired) electrons. The van der Waals surface area contributed by atoms with E-state index < -0.39 is 115 Å². The third-order valence-electron chi connectivity index (χ3n) is 19.9. The predicted molar refractivity (Wildman–Crippen MR) is 388 cm³/mol. The summed E-state index contributed by atoms with van der Waals surface area (Å²) < 4.78 is 242. The second-order valence-electron chi connectivity index (χ2n) is 25.6. The van der Waals surface area contributed by atoms with Gasteiger partial charge in [0.2, 0.25) is 11.6 Å². The van der Waals surface area contributed by atoms with Gasteiger partial charge in [-0.2, -0.15) is 0 Å². The SMILES string of the molecule is C=Cc1ccc(Oc2ccc(C3(c4c(F)c(F)c(F)c(F)c4F)c4ccccc4-c4ccc(N(c5ccc(-c6ccc(N(c7ccc8c(c7)C(c7ccc(Oc9ccc(C=C)cc9)cc7)(c7c(F)c(F)c(F)c(F)c7F)c7ccccc7-8)c7c(F)cccc7F)cc6)cc5)c5c(F)cccc5F)cc43)cc2)cc1. The summed E-state index contributed by atoms with van der Waals surface area (Å²) >= 11 is 0. The van der Waals surface area contributed by atoms with E-state index in [1.165, 1.54) is 143 Å². The molecule has 0 amide bonds. The number of rotatable bonds is 17. The minimum absolute atomic E-state index is 0.00642. The molecule has 108 heavy (non-hydrogen) atoms. The van der Waals surface area contributed by atoms with E-state index >= 15 is 61.5 Å². The Morgan fingerprint density at radius 3 is 0.852 bits per heavy atom. The van der Waals surface area contributed by atoms with Crippen LogP contribution in [-0.4, -0.2) is 0 Å². The van der Waals surface area contributed by atoms with Gasteiger partial charge in [-0.05, 0) is 199 Å². The normalized spacial score (nSPS) is 14.5. The van der Waals surface area contributed by atoms with Crippen LogP contribution in [0.1, 0.15) is 55.6 Å². The summed E-state index contributed by atoms with van der Waals surface area (Å²) in [6, 6.07) is 65.2. The highest BCUT2D eigenvalue weighted by Gasteiger charge is 2.54. The molecule has 2 atom stereocenters. The zero-order valence-corrected chi connectivity index (χ0v) is 56.0. The molecule has 0 spiro atoms. The number of halogens is 14. The van der Waals surface area contributed by atoms with Crippen LogP contribution in [0.25, 0.3) is 45.5 Å². The Morgan fingerprint density at radius 2 is 0.537 bits per heavy atom. The number of anilines is 6. The summed E-state index contributed by atoms with van der Waals surface area (Å²) in [7, 11) is 0. The summed E-state index contributed by atoms with van der Waals surface area (Å²) in [6.07, 6.45) is 3.27. The molecule has 2 aliphatic carbocycles. The Balaban J connectivity index is 0.811.